The second kappa shape index (κ2) is 5.21. The molecule has 2 heterocycles. The van der Waals surface area contributed by atoms with Gasteiger partial charge in [-0.3, -0.25) is 4.90 Å². The molecule has 0 spiro atoms. The van der Waals surface area contributed by atoms with Gasteiger partial charge in [-0.05, 0) is 12.1 Å². The Hall–Kier alpha value is -1.22. The number of hydrogen-bond donors (Lipinski definition) is 0. The fourth-order valence-corrected chi connectivity index (χ4v) is 1.68. The first kappa shape index (κ1) is 11.3. The van der Waals surface area contributed by atoms with Crippen LogP contribution in [-0.2, 0) is 11.3 Å². The Balaban J connectivity index is 1.94. The van der Waals surface area contributed by atoms with Crippen LogP contribution in [0.1, 0.15) is 5.69 Å². The summed E-state index contributed by atoms with van der Waals surface area (Å²) < 4.78 is 5.25. The summed E-state index contributed by atoms with van der Waals surface area (Å²) in [5.74, 6) is 0. The molecule has 5 nitrogen and oxygen atoms in total. The maximum absolute atomic E-state index is 8.76. The van der Waals surface area contributed by atoms with Gasteiger partial charge in [0.1, 0.15) is 0 Å². The van der Waals surface area contributed by atoms with E-state index in [1.807, 2.05) is 6.07 Å². The van der Waals surface area contributed by atoms with Gasteiger partial charge in [-0.2, -0.15) is 10.4 Å². The number of nitriles is 1. The van der Waals surface area contributed by atoms with Crippen LogP contribution in [0, 0.1) is 11.3 Å². The van der Waals surface area contributed by atoms with Crippen molar-refractivity contribution in [3.05, 3.63) is 23.0 Å². The number of halogens is 1. The second-order valence-electron chi connectivity index (χ2n) is 3.57. The Morgan fingerprint density at radius 2 is 2.44 bits per heavy atom. The third-order valence-electron chi connectivity index (χ3n) is 2.37. The van der Waals surface area contributed by atoms with Gasteiger partial charge in [0.15, 0.2) is 11.3 Å². The molecule has 1 aromatic heterocycles. The number of nitrogens with zero attached hydrogens (tertiary/aromatic N) is 4. The summed E-state index contributed by atoms with van der Waals surface area (Å²) in [7, 11) is 0. The van der Waals surface area contributed by atoms with E-state index in [0.29, 0.717) is 24.8 Å². The van der Waals surface area contributed by atoms with Gasteiger partial charge in [-0.15, -0.1) is 5.10 Å². The minimum atomic E-state index is -0.339. The lowest BCUT2D eigenvalue weighted by molar-refractivity contribution is -0.00320. The van der Waals surface area contributed by atoms with Crippen LogP contribution in [0.3, 0.4) is 0 Å². The number of hydrogen-bond acceptors (Lipinski definition) is 5. The summed E-state index contributed by atoms with van der Waals surface area (Å²) in [5.41, 5.74) is 0.850. The van der Waals surface area contributed by atoms with Gasteiger partial charge < -0.3 is 4.74 Å². The lowest BCUT2D eigenvalue weighted by atomic mass is 10.2. The van der Waals surface area contributed by atoms with Crippen LogP contribution in [0.4, 0.5) is 0 Å². The minimum Gasteiger partial charge on any atom is -0.361 e. The highest BCUT2D eigenvalue weighted by Gasteiger charge is 2.20. The van der Waals surface area contributed by atoms with E-state index in [1.54, 1.807) is 6.07 Å². The van der Waals surface area contributed by atoms with Crippen molar-refractivity contribution in [1.29, 1.82) is 5.26 Å². The predicted octanol–water partition coefficient (Wildman–Crippen LogP) is 0.854. The standard InChI is InChI=1S/C10H11ClN4O/c11-10-2-1-8(13-14-10)6-15-3-4-16-9(5-12)7-15/h1-2,9H,3-4,6-7H2. The average molecular weight is 239 g/mol. The Morgan fingerprint density at radius 3 is 3.12 bits per heavy atom. The molecule has 0 radical (unpaired) electrons. The Morgan fingerprint density at radius 1 is 1.56 bits per heavy atom. The monoisotopic (exact) mass is 238 g/mol. The molecule has 1 aliphatic heterocycles. The largest absolute Gasteiger partial charge is 0.361 e. The van der Waals surface area contributed by atoms with Crippen molar-refractivity contribution >= 4 is 11.6 Å². The molecule has 1 fully saturated rings. The molecule has 2 rings (SSSR count). The summed E-state index contributed by atoms with van der Waals surface area (Å²) in [5, 5.41) is 16.9. The first-order valence-electron chi connectivity index (χ1n) is 4.99. The van der Waals surface area contributed by atoms with Crippen LogP contribution in [0.2, 0.25) is 5.15 Å². The first-order valence-corrected chi connectivity index (χ1v) is 5.37. The Bertz CT molecular complexity index is 389. The molecule has 1 aliphatic rings. The maximum Gasteiger partial charge on any atom is 0.156 e. The zero-order valence-corrected chi connectivity index (χ0v) is 9.39. The molecule has 6 heteroatoms. The highest BCUT2D eigenvalue weighted by molar-refractivity contribution is 6.29. The van der Waals surface area contributed by atoms with Crippen LogP contribution < -0.4 is 0 Å². The average Bonchev–Trinajstić information content (AvgIpc) is 2.32. The highest BCUT2D eigenvalue weighted by Crippen LogP contribution is 2.09. The van der Waals surface area contributed by atoms with Gasteiger partial charge in [0.2, 0.25) is 0 Å². The molecule has 0 aliphatic carbocycles. The van der Waals surface area contributed by atoms with Gasteiger partial charge in [0.25, 0.3) is 0 Å². The molecule has 0 amide bonds. The van der Waals surface area contributed by atoms with E-state index >= 15 is 0 Å². The maximum atomic E-state index is 8.76. The van der Waals surface area contributed by atoms with Gasteiger partial charge in [0.05, 0.1) is 18.4 Å². The summed E-state index contributed by atoms with van der Waals surface area (Å²) in [6.45, 7) is 2.67. The van der Waals surface area contributed by atoms with E-state index in [-0.39, 0.29) is 6.10 Å². The molecule has 0 bridgehead atoms. The van der Waals surface area contributed by atoms with Crippen molar-refractivity contribution in [1.82, 2.24) is 15.1 Å². The van der Waals surface area contributed by atoms with Crippen LogP contribution in [0.25, 0.3) is 0 Å². The van der Waals surface area contributed by atoms with Gasteiger partial charge >= 0.3 is 0 Å². The molecule has 1 atom stereocenters. The zero-order valence-electron chi connectivity index (χ0n) is 8.64. The topological polar surface area (TPSA) is 62.0 Å². The summed E-state index contributed by atoms with van der Waals surface area (Å²) in [6, 6.07) is 5.66. The summed E-state index contributed by atoms with van der Waals surface area (Å²) in [4.78, 5) is 2.12. The Kier molecular flexibility index (Phi) is 3.67. The molecular weight excluding hydrogens is 228 g/mol. The molecule has 0 N–H and O–H groups in total. The zero-order chi connectivity index (χ0) is 11.4. The van der Waals surface area contributed by atoms with Crippen LogP contribution in [0.5, 0.6) is 0 Å². The van der Waals surface area contributed by atoms with Gasteiger partial charge in [0, 0.05) is 19.6 Å². The Labute approximate surface area is 98.6 Å². The third kappa shape index (κ3) is 2.89. The predicted molar refractivity (Wildman–Crippen MR) is 57.7 cm³/mol. The fourth-order valence-electron chi connectivity index (χ4n) is 1.58. The van der Waals surface area contributed by atoms with Crippen LogP contribution in [0.15, 0.2) is 12.1 Å². The molecule has 16 heavy (non-hydrogen) atoms. The molecular formula is C10H11ClN4O. The van der Waals surface area contributed by atoms with Crippen molar-refractivity contribution < 1.29 is 4.74 Å². The molecule has 0 saturated carbocycles. The van der Waals surface area contributed by atoms with Crippen molar-refractivity contribution in [2.45, 2.75) is 12.6 Å². The molecule has 1 saturated heterocycles. The van der Waals surface area contributed by atoms with E-state index in [4.69, 9.17) is 21.6 Å². The molecule has 0 aromatic carbocycles. The van der Waals surface area contributed by atoms with Crippen molar-refractivity contribution in [2.75, 3.05) is 19.7 Å². The minimum absolute atomic E-state index is 0.339. The van der Waals surface area contributed by atoms with Crippen LogP contribution in [-0.4, -0.2) is 40.9 Å². The SMILES string of the molecule is N#CC1CN(Cc2ccc(Cl)nn2)CCO1. The molecule has 1 unspecified atom stereocenters. The molecule has 1 aromatic rings. The quantitative estimate of drug-likeness (QED) is 0.765. The number of ether oxygens (including phenoxy) is 1. The molecule has 84 valence electrons. The van der Waals surface area contributed by atoms with E-state index in [9.17, 15) is 0 Å². The van der Waals surface area contributed by atoms with E-state index in [2.05, 4.69) is 21.2 Å². The summed E-state index contributed by atoms with van der Waals surface area (Å²) >= 11 is 5.65. The van der Waals surface area contributed by atoms with E-state index in [1.165, 1.54) is 0 Å². The normalized spacial score (nSPS) is 21.6. The number of aromatic nitrogens is 2. The van der Waals surface area contributed by atoms with Crippen LogP contribution >= 0.6 is 11.6 Å². The lowest BCUT2D eigenvalue weighted by Gasteiger charge is -2.29. The van der Waals surface area contributed by atoms with Gasteiger partial charge in [-0.1, -0.05) is 11.6 Å². The smallest absolute Gasteiger partial charge is 0.156 e. The summed E-state index contributed by atoms with van der Waals surface area (Å²) in [6.07, 6.45) is -0.339. The van der Waals surface area contributed by atoms with E-state index in [0.717, 1.165) is 12.2 Å². The highest BCUT2D eigenvalue weighted by atomic mass is 35.5. The van der Waals surface area contributed by atoms with Crippen molar-refractivity contribution in [3.63, 3.8) is 0 Å². The van der Waals surface area contributed by atoms with Gasteiger partial charge in [-0.25, -0.2) is 0 Å². The second-order valence-corrected chi connectivity index (χ2v) is 3.96. The fraction of sp³-hybridized carbons (Fsp3) is 0.500. The van der Waals surface area contributed by atoms with Crippen molar-refractivity contribution in [3.8, 4) is 6.07 Å². The van der Waals surface area contributed by atoms with E-state index < -0.39 is 0 Å². The third-order valence-corrected chi connectivity index (χ3v) is 2.57. The number of morpholine rings is 1. The van der Waals surface area contributed by atoms with Crippen molar-refractivity contribution in [2.24, 2.45) is 0 Å². The first-order chi connectivity index (χ1) is 7.78. The lowest BCUT2D eigenvalue weighted by Crippen LogP contribution is -2.41. The number of rotatable bonds is 2.